The molecule has 30 heavy (non-hydrogen) atoms. The van der Waals surface area contributed by atoms with Crippen LogP contribution >= 0.6 is 27.7 Å². The highest BCUT2D eigenvalue weighted by molar-refractivity contribution is 9.10. The van der Waals surface area contributed by atoms with Crippen molar-refractivity contribution in [1.82, 2.24) is 0 Å². The van der Waals surface area contributed by atoms with Gasteiger partial charge in [0.15, 0.2) is 16.7 Å². The molecule has 0 aromatic heterocycles. The van der Waals surface area contributed by atoms with Crippen molar-refractivity contribution in [1.29, 1.82) is 5.41 Å². The number of aliphatic carboxylic acids is 1. The van der Waals surface area contributed by atoms with Crippen LogP contribution in [0.25, 0.3) is 6.08 Å². The van der Waals surface area contributed by atoms with Crippen LogP contribution in [0.4, 0.5) is 5.69 Å². The number of carboxylic acid groups (broad SMARTS) is 1. The maximum Gasteiger partial charge on any atom is 0.309 e. The molecule has 1 aliphatic rings. The van der Waals surface area contributed by atoms with E-state index < -0.39 is 11.9 Å². The molecule has 1 heterocycles. The van der Waals surface area contributed by atoms with E-state index in [2.05, 4.69) is 15.9 Å². The molecule has 156 valence electrons. The SMILES string of the molecule is COc1cc(/C=C2\SC(=N)N(c3ccc(Br)cc3)C2=O)ccc1OC[C@@H](C)C(=O)O. The van der Waals surface area contributed by atoms with Crippen molar-refractivity contribution in [3.8, 4) is 11.5 Å². The molecular formula is C21H19BrN2O5S. The molecule has 0 spiro atoms. The molecule has 1 amide bonds. The molecular weight excluding hydrogens is 472 g/mol. The van der Waals surface area contributed by atoms with Gasteiger partial charge in [0, 0.05) is 4.47 Å². The van der Waals surface area contributed by atoms with Crippen molar-refractivity contribution < 1.29 is 24.2 Å². The summed E-state index contributed by atoms with van der Waals surface area (Å²) in [6, 6.07) is 12.3. The normalized spacial score (nSPS) is 16.1. The summed E-state index contributed by atoms with van der Waals surface area (Å²) < 4.78 is 11.8. The summed E-state index contributed by atoms with van der Waals surface area (Å²) in [6.07, 6.45) is 1.69. The summed E-state index contributed by atoms with van der Waals surface area (Å²) >= 11 is 4.44. The first-order chi connectivity index (χ1) is 14.3. The van der Waals surface area contributed by atoms with Gasteiger partial charge in [-0.15, -0.1) is 0 Å². The number of thioether (sulfide) groups is 1. The summed E-state index contributed by atoms with van der Waals surface area (Å²) in [5, 5.41) is 17.3. The van der Waals surface area contributed by atoms with Crippen LogP contribution in [0.1, 0.15) is 12.5 Å². The van der Waals surface area contributed by atoms with Crippen LogP contribution in [0.15, 0.2) is 51.8 Å². The number of nitrogens with zero attached hydrogens (tertiary/aromatic N) is 1. The Hall–Kier alpha value is -2.78. The van der Waals surface area contributed by atoms with E-state index in [9.17, 15) is 9.59 Å². The van der Waals surface area contributed by atoms with Crippen molar-refractivity contribution in [3.05, 3.63) is 57.4 Å². The number of amides is 1. The average molecular weight is 491 g/mol. The molecule has 0 aliphatic carbocycles. The first-order valence-corrected chi connectivity index (χ1v) is 10.5. The number of hydrogen-bond acceptors (Lipinski definition) is 6. The third-order valence-corrected chi connectivity index (χ3v) is 5.72. The molecule has 2 N–H and O–H groups in total. The van der Waals surface area contributed by atoms with Gasteiger partial charge in [0.1, 0.15) is 6.61 Å². The fraction of sp³-hybridized carbons (Fsp3) is 0.190. The molecule has 1 fully saturated rings. The van der Waals surface area contributed by atoms with E-state index in [1.165, 1.54) is 12.0 Å². The van der Waals surface area contributed by atoms with Gasteiger partial charge in [-0.05, 0) is 66.7 Å². The number of carbonyl (C=O) groups excluding carboxylic acids is 1. The lowest BCUT2D eigenvalue weighted by molar-refractivity contribution is -0.142. The van der Waals surface area contributed by atoms with E-state index in [0.717, 1.165) is 16.2 Å². The molecule has 0 bridgehead atoms. The van der Waals surface area contributed by atoms with E-state index in [1.807, 2.05) is 12.1 Å². The zero-order chi connectivity index (χ0) is 21.8. The Morgan fingerprint density at radius 1 is 1.27 bits per heavy atom. The van der Waals surface area contributed by atoms with E-state index in [1.54, 1.807) is 43.3 Å². The number of carboxylic acids is 1. The van der Waals surface area contributed by atoms with Crippen LogP contribution in [0.3, 0.4) is 0 Å². The molecule has 0 saturated carbocycles. The highest BCUT2D eigenvalue weighted by atomic mass is 79.9. The number of hydrogen-bond donors (Lipinski definition) is 2. The van der Waals surface area contributed by atoms with E-state index >= 15 is 0 Å². The Morgan fingerprint density at radius 2 is 1.97 bits per heavy atom. The van der Waals surface area contributed by atoms with Crippen molar-refractivity contribution in [2.24, 2.45) is 5.92 Å². The molecule has 0 radical (unpaired) electrons. The summed E-state index contributed by atoms with van der Waals surface area (Å²) in [4.78, 5) is 25.6. The summed E-state index contributed by atoms with van der Waals surface area (Å²) in [5.74, 6) is -1.02. The third kappa shape index (κ3) is 4.85. The lowest BCUT2D eigenvalue weighted by Crippen LogP contribution is -2.27. The Morgan fingerprint density at radius 3 is 2.60 bits per heavy atom. The van der Waals surface area contributed by atoms with Gasteiger partial charge >= 0.3 is 5.97 Å². The van der Waals surface area contributed by atoms with Gasteiger partial charge in [-0.3, -0.25) is 19.9 Å². The standard InChI is InChI=1S/C21H19BrN2O5S/c1-12(20(26)27)11-29-16-8-3-13(9-17(16)28-2)10-18-19(25)24(21(23)30-18)15-6-4-14(22)5-7-15/h3-10,12,23H,11H2,1-2H3,(H,26,27)/b18-10-,23-21?/t12-/m1/s1. The second-order valence-electron chi connectivity index (χ2n) is 6.49. The minimum absolute atomic E-state index is 0.0137. The van der Waals surface area contributed by atoms with Crippen LogP contribution < -0.4 is 14.4 Å². The number of halogens is 1. The number of anilines is 1. The fourth-order valence-corrected chi connectivity index (χ4v) is 3.77. The van der Waals surface area contributed by atoms with Crippen molar-refractivity contribution >= 4 is 56.5 Å². The molecule has 0 unspecified atom stereocenters. The van der Waals surface area contributed by atoms with Crippen molar-refractivity contribution in [3.63, 3.8) is 0 Å². The second kappa shape index (κ2) is 9.36. The van der Waals surface area contributed by atoms with Crippen LogP contribution in [0, 0.1) is 11.3 Å². The number of rotatable bonds is 7. The number of carbonyl (C=O) groups is 2. The Balaban J connectivity index is 1.81. The highest BCUT2D eigenvalue weighted by Crippen LogP contribution is 2.37. The molecule has 9 heteroatoms. The molecule has 3 rings (SSSR count). The maximum absolute atomic E-state index is 12.8. The number of ether oxygens (including phenoxy) is 2. The monoisotopic (exact) mass is 490 g/mol. The third-order valence-electron chi connectivity index (χ3n) is 4.30. The Labute approximate surface area is 186 Å². The van der Waals surface area contributed by atoms with Gasteiger partial charge in [0.2, 0.25) is 0 Å². The predicted molar refractivity (Wildman–Crippen MR) is 120 cm³/mol. The lowest BCUT2D eigenvalue weighted by atomic mass is 10.1. The molecule has 1 aliphatic heterocycles. The van der Waals surface area contributed by atoms with Gasteiger partial charge in [0.25, 0.3) is 5.91 Å². The topological polar surface area (TPSA) is 99.9 Å². The van der Waals surface area contributed by atoms with Crippen molar-refractivity contribution in [2.45, 2.75) is 6.92 Å². The zero-order valence-corrected chi connectivity index (χ0v) is 18.6. The lowest BCUT2D eigenvalue weighted by Gasteiger charge is -2.14. The quantitative estimate of drug-likeness (QED) is 0.549. The molecule has 1 saturated heterocycles. The Bertz CT molecular complexity index is 1020. The average Bonchev–Trinajstić information content (AvgIpc) is 3.00. The first kappa shape index (κ1) is 21.9. The van der Waals surface area contributed by atoms with Gasteiger partial charge in [0.05, 0.1) is 23.6 Å². The van der Waals surface area contributed by atoms with Gasteiger partial charge < -0.3 is 14.6 Å². The molecule has 2 aromatic rings. The Kier molecular flexibility index (Phi) is 6.84. The first-order valence-electron chi connectivity index (χ1n) is 8.92. The van der Waals surface area contributed by atoms with Crippen LogP contribution in [-0.4, -0.2) is 35.9 Å². The summed E-state index contributed by atoms with van der Waals surface area (Å²) in [6.45, 7) is 1.57. The minimum atomic E-state index is -0.940. The number of benzene rings is 2. The van der Waals surface area contributed by atoms with Gasteiger partial charge in [-0.1, -0.05) is 22.0 Å². The molecule has 2 aromatic carbocycles. The van der Waals surface area contributed by atoms with Crippen molar-refractivity contribution in [2.75, 3.05) is 18.6 Å². The number of nitrogens with one attached hydrogen (secondary N) is 1. The molecule has 7 nitrogen and oxygen atoms in total. The maximum atomic E-state index is 12.8. The van der Waals surface area contributed by atoms with Crippen LogP contribution in [-0.2, 0) is 9.59 Å². The van der Waals surface area contributed by atoms with Crippen LogP contribution in [0.2, 0.25) is 0 Å². The highest BCUT2D eigenvalue weighted by Gasteiger charge is 2.33. The largest absolute Gasteiger partial charge is 0.493 e. The van der Waals surface area contributed by atoms with Crippen LogP contribution in [0.5, 0.6) is 11.5 Å². The van der Waals surface area contributed by atoms with E-state index in [0.29, 0.717) is 27.7 Å². The fourth-order valence-electron chi connectivity index (χ4n) is 2.64. The summed E-state index contributed by atoms with van der Waals surface area (Å²) in [5.41, 5.74) is 1.32. The number of methoxy groups -OCH3 is 1. The minimum Gasteiger partial charge on any atom is -0.493 e. The number of amidine groups is 1. The second-order valence-corrected chi connectivity index (χ2v) is 8.44. The smallest absolute Gasteiger partial charge is 0.309 e. The van der Waals surface area contributed by atoms with E-state index in [-0.39, 0.29) is 17.7 Å². The predicted octanol–water partition coefficient (Wildman–Crippen LogP) is 4.61. The molecule has 1 atom stereocenters. The summed E-state index contributed by atoms with van der Waals surface area (Å²) in [7, 11) is 1.49. The van der Waals surface area contributed by atoms with Gasteiger partial charge in [-0.2, -0.15) is 0 Å². The zero-order valence-electron chi connectivity index (χ0n) is 16.2. The van der Waals surface area contributed by atoms with Gasteiger partial charge in [-0.25, -0.2) is 0 Å². The van der Waals surface area contributed by atoms with E-state index in [4.69, 9.17) is 20.0 Å².